The van der Waals surface area contributed by atoms with Gasteiger partial charge in [-0.25, -0.2) is 4.39 Å². The Kier molecular flexibility index (Phi) is 8.58. The first-order valence-corrected chi connectivity index (χ1v) is 3.73. The maximum Gasteiger partial charge on any atom is 0.128 e. The minimum atomic E-state index is -0.691. The van der Waals surface area contributed by atoms with Crippen LogP contribution in [0.25, 0.3) is 0 Å². The van der Waals surface area contributed by atoms with Gasteiger partial charge in [0.2, 0.25) is 0 Å². The van der Waals surface area contributed by atoms with Gasteiger partial charge in [0.15, 0.2) is 0 Å². The number of halogens is 3. The Bertz CT molecular complexity index is 114. The molecule has 76 valence electrons. The van der Waals surface area contributed by atoms with Crippen LogP contribution in [0.2, 0.25) is 0 Å². The van der Waals surface area contributed by atoms with Crippen molar-refractivity contribution in [3.05, 3.63) is 0 Å². The first-order valence-electron chi connectivity index (χ1n) is 3.73. The summed E-state index contributed by atoms with van der Waals surface area (Å²) in [5.74, 6) is 0. The van der Waals surface area contributed by atoms with Crippen molar-refractivity contribution >= 4 is 24.8 Å². The summed E-state index contributed by atoms with van der Waals surface area (Å²) < 4.78 is 13.0. The zero-order valence-electron chi connectivity index (χ0n) is 7.42. The monoisotopic (exact) mass is 218 g/mol. The van der Waals surface area contributed by atoms with E-state index in [1.165, 1.54) is 0 Å². The molecule has 0 aromatic carbocycles. The lowest BCUT2D eigenvalue weighted by Crippen LogP contribution is -2.48. The summed E-state index contributed by atoms with van der Waals surface area (Å²) in [6, 6.07) is 0.126. The second-order valence-electron chi connectivity index (χ2n) is 3.04. The van der Waals surface area contributed by atoms with Gasteiger partial charge in [-0.3, -0.25) is 0 Å². The van der Waals surface area contributed by atoms with E-state index in [0.29, 0.717) is 6.54 Å². The summed E-state index contributed by atoms with van der Waals surface area (Å²) in [5.41, 5.74) is 0. The van der Waals surface area contributed by atoms with Gasteiger partial charge in [0.25, 0.3) is 0 Å². The van der Waals surface area contributed by atoms with Gasteiger partial charge < -0.3 is 10.2 Å². The van der Waals surface area contributed by atoms with Gasteiger partial charge >= 0.3 is 0 Å². The highest BCUT2D eigenvalue weighted by atomic mass is 35.5. The quantitative estimate of drug-likeness (QED) is 0.710. The number of hydrogen-bond acceptors (Lipinski definition) is 2. The van der Waals surface area contributed by atoms with Crippen molar-refractivity contribution in [3.8, 4) is 0 Å². The van der Waals surface area contributed by atoms with E-state index in [-0.39, 0.29) is 30.9 Å². The molecule has 0 amide bonds. The maximum absolute atomic E-state index is 13.0. The van der Waals surface area contributed by atoms with Gasteiger partial charge in [0, 0.05) is 12.6 Å². The average molecular weight is 219 g/mol. The molecule has 1 aliphatic heterocycles. The second-order valence-corrected chi connectivity index (χ2v) is 3.04. The van der Waals surface area contributed by atoms with E-state index in [2.05, 4.69) is 5.32 Å². The van der Waals surface area contributed by atoms with Crippen molar-refractivity contribution in [2.75, 3.05) is 27.2 Å². The van der Waals surface area contributed by atoms with Gasteiger partial charge in [-0.2, -0.15) is 0 Å². The molecular weight excluding hydrogens is 202 g/mol. The molecule has 12 heavy (non-hydrogen) atoms. The molecule has 1 saturated heterocycles. The van der Waals surface area contributed by atoms with E-state index in [1.807, 2.05) is 19.0 Å². The van der Waals surface area contributed by atoms with Crippen molar-refractivity contribution in [2.45, 2.75) is 18.6 Å². The zero-order chi connectivity index (χ0) is 7.56. The van der Waals surface area contributed by atoms with Gasteiger partial charge in [-0.1, -0.05) is 0 Å². The molecule has 5 heteroatoms. The van der Waals surface area contributed by atoms with E-state index in [4.69, 9.17) is 0 Å². The van der Waals surface area contributed by atoms with Gasteiger partial charge in [0.1, 0.15) is 6.17 Å². The molecule has 0 bridgehead atoms. The summed E-state index contributed by atoms with van der Waals surface area (Å²) in [7, 11) is 3.87. The van der Waals surface area contributed by atoms with Crippen molar-refractivity contribution in [3.63, 3.8) is 0 Å². The molecule has 0 radical (unpaired) electrons. The van der Waals surface area contributed by atoms with Crippen molar-refractivity contribution in [2.24, 2.45) is 0 Å². The van der Waals surface area contributed by atoms with Crippen LogP contribution in [-0.2, 0) is 0 Å². The molecule has 0 aliphatic carbocycles. The first kappa shape index (κ1) is 14.9. The largest absolute Gasteiger partial charge is 0.314 e. The Hall–Kier alpha value is 0.430. The fourth-order valence-electron chi connectivity index (χ4n) is 1.39. The third-order valence-electron chi connectivity index (χ3n) is 2.04. The number of piperidine rings is 1. The Morgan fingerprint density at radius 1 is 1.33 bits per heavy atom. The van der Waals surface area contributed by atoms with E-state index in [1.54, 1.807) is 0 Å². The minimum absolute atomic E-state index is 0. The predicted molar refractivity (Wildman–Crippen MR) is 54.4 cm³/mol. The fourth-order valence-corrected chi connectivity index (χ4v) is 1.39. The van der Waals surface area contributed by atoms with Gasteiger partial charge in [-0.05, 0) is 27.1 Å². The summed E-state index contributed by atoms with van der Waals surface area (Å²) >= 11 is 0. The van der Waals surface area contributed by atoms with Crippen molar-refractivity contribution in [1.82, 2.24) is 10.2 Å². The highest BCUT2D eigenvalue weighted by molar-refractivity contribution is 5.85. The molecule has 1 heterocycles. The van der Waals surface area contributed by atoms with E-state index >= 15 is 0 Å². The molecule has 2 atom stereocenters. The summed E-state index contributed by atoms with van der Waals surface area (Å²) in [6.07, 6.45) is 0.234. The first-order chi connectivity index (χ1) is 4.72. The maximum atomic E-state index is 13.0. The molecule has 1 fully saturated rings. The SMILES string of the molecule is CN(C)[C@@H]1CCNC[C@H]1F.Cl.Cl. The fraction of sp³-hybridized carbons (Fsp3) is 1.00. The van der Waals surface area contributed by atoms with Crippen LogP contribution < -0.4 is 5.32 Å². The van der Waals surface area contributed by atoms with Gasteiger partial charge in [-0.15, -0.1) is 24.8 Å². The number of hydrogen-bond donors (Lipinski definition) is 1. The van der Waals surface area contributed by atoms with Gasteiger partial charge in [0.05, 0.1) is 0 Å². The third-order valence-corrected chi connectivity index (χ3v) is 2.04. The number of nitrogens with one attached hydrogen (secondary N) is 1. The molecule has 1 aliphatic rings. The van der Waals surface area contributed by atoms with Crippen LogP contribution in [-0.4, -0.2) is 44.3 Å². The summed E-state index contributed by atoms with van der Waals surface area (Å²) in [6.45, 7) is 1.46. The highest BCUT2D eigenvalue weighted by Gasteiger charge is 2.25. The average Bonchev–Trinajstić information content (AvgIpc) is 1.88. The Morgan fingerprint density at radius 2 is 1.92 bits per heavy atom. The second kappa shape index (κ2) is 6.89. The lowest BCUT2D eigenvalue weighted by molar-refractivity contribution is 0.125. The summed E-state index contributed by atoms with van der Waals surface area (Å²) in [4.78, 5) is 1.96. The number of rotatable bonds is 1. The number of alkyl halides is 1. The zero-order valence-corrected chi connectivity index (χ0v) is 9.05. The van der Waals surface area contributed by atoms with Crippen LogP contribution in [0.5, 0.6) is 0 Å². The van der Waals surface area contributed by atoms with Crippen LogP contribution in [0.4, 0.5) is 4.39 Å². The van der Waals surface area contributed by atoms with Crippen LogP contribution in [0.1, 0.15) is 6.42 Å². The molecule has 0 aromatic rings. The van der Waals surface area contributed by atoms with Crippen LogP contribution in [0, 0.1) is 0 Å². The summed E-state index contributed by atoms with van der Waals surface area (Å²) in [5, 5.41) is 3.02. The Morgan fingerprint density at radius 3 is 2.25 bits per heavy atom. The van der Waals surface area contributed by atoms with Crippen LogP contribution in [0.3, 0.4) is 0 Å². The molecular formula is C7H17Cl2FN2. The molecule has 2 nitrogen and oxygen atoms in total. The Balaban J connectivity index is 0. The van der Waals surface area contributed by atoms with Crippen LogP contribution >= 0.6 is 24.8 Å². The third kappa shape index (κ3) is 3.90. The molecule has 0 unspecified atom stereocenters. The molecule has 0 aromatic heterocycles. The smallest absolute Gasteiger partial charge is 0.128 e. The lowest BCUT2D eigenvalue weighted by atomic mass is 10.0. The molecule has 1 rings (SSSR count). The molecule has 0 spiro atoms. The lowest BCUT2D eigenvalue weighted by Gasteiger charge is -2.31. The van der Waals surface area contributed by atoms with Crippen molar-refractivity contribution in [1.29, 1.82) is 0 Å². The standard InChI is InChI=1S/C7H15FN2.2ClH/c1-10(2)7-3-4-9-5-6(7)8;;/h6-7,9H,3-5H2,1-2H3;2*1H/t6-,7-;;/m1../s1. The molecule has 0 saturated carbocycles. The van der Waals surface area contributed by atoms with E-state index < -0.39 is 6.17 Å². The number of nitrogens with zero attached hydrogens (tertiary/aromatic N) is 1. The minimum Gasteiger partial charge on any atom is -0.314 e. The normalized spacial score (nSPS) is 29.0. The van der Waals surface area contributed by atoms with E-state index in [0.717, 1.165) is 13.0 Å². The van der Waals surface area contributed by atoms with E-state index in [9.17, 15) is 4.39 Å². The molecule has 1 N–H and O–H groups in total. The van der Waals surface area contributed by atoms with Crippen LogP contribution in [0.15, 0.2) is 0 Å². The highest BCUT2D eigenvalue weighted by Crippen LogP contribution is 2.11. The van der Waals surface area contributed by atoms with Crippen molar-refractivity contribution < 1.29 is 4.39 Å². The topological polar surface area (TPSA) is 15.3 Å². The predicted octanol–water partition coefficient (Wildman–Crippen LogP) is 1.09. The Labute approximate surface area is 85.7 Å².